The van der Waals surface area contributed by atoms with Gasteiger partial charge >= 0.3 is 0 Å². The molecule has 0 N–H and O–H groups in total. The molecule has 5 nitrogen and oxygen atoms in total. The summed E-state index contributed by atoms with van der Waals surface area (Å²) in [5, 5.41) is 12.1. The number of para-hydroxylation sites is 2. The van der Waals surface area contributed by atoms with Crippen molar-refractivity contribution in [1.82, 2.24) is 19.1 Å². The van der Waals surface area contributed by atoms with Crippen LogP contribution in [-0.2, 0) is 0 Å². The zero-order valence-electron chi connectivity index (χ0n) is 42.6. The Morgan fingerprint density at radius 3 is 1.95 bits per heavy atom. The molecule has 0 radical (unpaired) electrons. The zero-order chi connectivity index (χ0) is 51.3. The summed E-state index contributed by atoms with van der Waals surface area (Å²) in [4.78, 5) is 15.0. The summed E-state index contributed by atoms with van der Waals surface area (Å²) in [6.45, 7) is 0. The van der Waals surface area contributed by atoms with Gasteiger partial charge in [0.1, 0.15) is 0 Å². The van der Waals surface area contributed by atoms with E-state index in [1.165, 1.54) is 86.1 Å². The van der Waals surface area contributed by atoms with Crippen molar-refractivity contribution in [3.8, 4) is 38.8 Å². The Labute approximate surface area is 454 Å². The quantitative estimate of drug-likeness (QED) is 0.152. The van der Waals surface area contributed by atoms with Crippen LogP contribution in [-0.4, -0.2) is 19.1 Å². The van der Waals surface area contributed by atoms with Crippen molar-refractivity contribution in [3.63, 3.8) is 0 Å². The molecule has 10 aromatic carbocycles. The number of aromatic nitrogens is 4. The van der Waals surface area contributed by atoms with Gasteiger partial charge in [-0.3, -0.25) is 4.57 Å². The van der Waals surface area contributed by atoms with E-state index in [0.717, 1.165) is 69.2 Å². The maximum absolute atomic E-state index is 5.79. The van der Waals surface area contributed by atoms with Crippen molar-refractivity contribution in [2.75, 3.05) is 4.90 Å². The Kier molecular flexibility index (Phi) is 10.3. The van der Waals surface area contributed by atoms with E-state index in [1.54, 1.807) is 0 Å². The SMILES string of the molecule is C1=CCC(n2c3ccc4ccccc4c3c3cccc(-c4ccc5c(c4)c4c6ccccc6ccc4n5-c4nc(-c5ccc(N(C6=CCCC=C6)c6ccccc6)cc5)c5c(ccc6cc(-c7ccccc7)sc65)n4)c32)C=C1. The second-order valence-electron chi connectivity index (χ2n) is 20.7. The molecule has 0 saturated heterocycles. The molecule has 0 amide bonds. The normalized spacial score (nSPS) is 14.6. The van der Waals surface area contributed by atoms with Gasteiger partial charge in [0.2, 0.25) is 5.95 Å². The van der Waals surface area contributed by atoms with Gasteiger partial charge in [-0.05, 0) is 124 Å². The first-order valence-corrected chi connectivity index (χ1v) is 27.9. The molecule has 0 aliphatic heterocycles. The van der Waals surface area contributed by atoms with Crippen molar-refractivity contribution < 1.29 is 0 Å². The lowest BCUT2D eigenvalue weighted by atomic mass is 9.97. The lowest BCUT2D eigenvalue weighted by Gasteiger charge is -2.27. The highest BCUT2D eigenvalue weighted by atomic mass is 32.1. The van der Waals surface area contributed by atoms with E-state index in [4.69, 9.17) is 9.97 Å². The first-order valence-electron chi connectivity index (χ1n) is 27.1. The molecule has 1 atom stereocenters. The zero-order valence-corrected chi connectivity index (χ0v) is 43.4. The van der Waals surface area contributed by atoms with Crippen LogP contribution in [0.4, 0.5) is 11.4 Å². The minimum atomic E-state index is 0.178. The fourth-order valence-corrected chi connectivity index (χ4v) is 13.9. The second-order valence-corrected chi connectivity index (χ2v) is 21.7. The van der Waals surface area contributed by atoms with Gasteiger partial charge < -0.3 is 9.47 Å². The number of allylic oxidation sites excluding steroid dienone is 7. The molecule has 4 heterocycles. The van der Waals surface area contributed by atoms with E-state index in [2.05, 4.69) is 269 Å². The highest BCUT2D eigenvalue weighted by Gasteiger charge is 2.25. The van der Waals surface area contributed by atoms with Crippen LogP contribution in [0.1, 0.15) is 25.3 Å². The van der Waals surface area contributed by atoms with Crippen LogP contribution >= 0.6 is 11.3 Å². The maximum atomic E-state index is 5.79. The number of fused-ring (bicyclic) bond motifs is 13. The van der Waals surface area contributed by atoms with Gasteiger partial charge in [0.15, 0.2) is 0 Å². The maximum Gasteiger partial charge on any atom is 0.235 e. The third-order valence-electron chi connectivity index (χ3n) is 16.2. The smallest absolute Gasteiger partial charge is 0.235 e. The van der Waals surface area contributed by atoms with Crippen LogP contribution in [0.3, 0.4) is 0 Å². The van der Waals surface area contributed by atoms with Gasteiger partial charge in [-0.15, -0.1) is 11.3 Å². The molecular formula is C72H49N5S. The Balaban J connectivity index is 0.935. The van der Waals surface area contributed by atoms with Crippen molar-refractivity contribution >= 4 is 109 Å². The Hall–Kier alpha value is -9.62. The molecule has 2 aliphatic rings. The van der Waals surface area contributed by atoms with Crippen LogP contribution in [0, 0.1) is 0 Å². The minimum absolute atomic E-state index is 0.178. The van der Waals surface area contributed by atoms with Crippen molar-refractivity contribution in [2.45, 2.75) is 25.3 Å². The fourth-order valence-electron chi connectivity index (χ4n) is 12.7. The van der Waals surface area contributed by atoms with Crippen LogP contribution in [0.15, 0.2) is 261 Å². The van der Waals surface area contributed by atoms with Crippen molar-refractivity contribution in [3.05, 3.63) is 261 Å². The number of hydrogen-bond acceptors (Lipinski definition) is 4. The Morgan fingerprint density at radius 1 is 0.487 bits per heavy atom. The highest BCUT2D eigenvalue weighted by molar-refractivity contribution is 7.23. The van der Waals surface area contributed by atoms with Crippen molar-refractivity contribution in [1.29, 1.82) is 0 Å². The predicted molar refractivity (Wildman–Crippen MR) is 331 cm³/mol. The number of anilines is 2. The third kappa shape index (κ3) is 7.07. The topological polar surface area (TPSA) is 38.9 Å². The van der Waals surface area contributed by atoms with Gasteiger partial charge in [-0.25, -0.2) is 9.97 Å². The minimum Gasteiger partial charge on any atom is -0.333 e. The van der Waals surface area contributed by atoms with Gasteiger partial charge in [0.05, 0.1) is 39.3 Å². The lowest BCUT2D eigenvalue weighted by Crippen LogP contribution is -2.16. The predicted octanol–water partition coefficient (Wildman–Crippen LogP) is 19.8. The monoisotopic (exact) mass is 1020 g/mol. The van der Waals surface area contributed by atoms with Crippen LogP contribution in [0.5, 0.6) is 0 Å². The van der Waals surface area contributed by atoms with Gasteiger partial charge in [-0.2, -0.15) is 0 Å². The van der Waals surface area contributed by atoms with Crippen LogP contribution < -0.4 is 4.90 Å². The first-order chi connectivity index (χ1) is 38.7. The van der Waals surface area contributed by atoms with Gasteiger partial charge in [0, 0.05) is 64.7 Å². The Morgan fingerprint density at radius 2 is 1.18 bits per heavy atom. The summed E-state index contributed by atoms with van der Waals surface area (Å²) in [6.07, 6.45) is 18.9. The standard InChI is InChI=1S/C72H49N5S/c1-5-20-48(21-6-1)65-45-51-34-40-61-68(71(51)78-65)69(49-32-38-55(39-33-49)75(52-22-7-2-8-23-52)53-24-9-3-10-25-53)74-72(73-61)77-62-41-37-50(44-60(62)67-57-29-16-14-19-47(57)36-43-64(67)77)58-30-17-31-59-66-56-28-15-13-18-46(56)35-42-63(66)76(70(58)59)54-26-11-4-12-27-54/h1-2,4-9,11-26,28-45,54H,3,10,27H2. The summed E-state index contributed by atoms with van der Waals surface area (Å²) in [6, 6.07) is 78.0. The molecule has 0 fully saturated rings. The molecule has 368 valence electrons. The first kappa shape index (κ1) is 44.7. The summed E-state index contributed by atoms with van der Waals surface area (Å²) in [5.41, 5.74) is 14.5. The van der Waals surface area contributed by atoms with E-state index in [1.807, 2.05) is 11.3 Å². The van der Waals surface area contributed by atoms with Crippen LogP contribution in [0.2, 0.25) is 0 Å². The molecule has 16 rings (SSSR count). The summed E-state index contributed by atoms with van der Waals surface area (Å²) in [7, 11) is 0. The number of hydrogen-bond donors (Lipinski definition) is 0. The molecule has 0 bridgehead atoms. The van der Waals surface area contributed by atoms with E-state index in [9.17, 15) is 0 Å². The molecule has 14 aromatic rings. The molecule has 4 aromatic heterocycles. The molecule has 2 aliphatic carbocycles. The van der Waals surface area contributed by atoms with Crippen LogP contribution in [0.25, 0.3) is 125 Å². The lowest BCUT2D eigenvalue weighted by molar-refractivity contribution is 0.648. The number of benzene rings is 10. The fraction of sp³-hybridized carbons (Fsp3) is 0.0556. The van der Waals surface area contributed by atoms with E-state index < -0.39 is 0 Å². The summed E-state index contributed by atoms with van der Waals surface area (Å²) in [5.74, 6) is 0.637. The Bertz CT molecular complexity index is 4880. The van der Waals surface area contributed by atoms with E-state index >= 15 is 0 Å². The van der Waals surface area contributed by atoms with Crippen molar-refractivity contribution in [2.24, 2.45) is 0 Å². The molecule has 0 spiro atoms. The second kappa shape index (κ2) is 18.0. The number of thiophene rings is 1. The number of nitrogens with zero attached hydrogens (tertiary/aromatic N) is 5. The summed E-state index contributed by atoms with van der Waals surface area (Å²) < 4.78 is 6.09. The molecule has 78 heavy (non-hydrogen) atoms. The average molecular weight is 1020 g/mol. The molecule has 1 unspecified atom stereocenters. The van der Waals surface area contributed by atoms with Gasteiger partial charge in [-0.1, -0.05) is 188 Å². The average Bonchev–Trinajstić information content (AvgIpc) is 4.21. The van der Waals surface area contributed by atoms with Gasteiger partial charge in [0.25, 0.3) is 0 Å². The van der Waals surface area contributed by atoms with E-state index in [0.29, 0.717) is 5.95 Å². The third-order valence-corrected chi connectivity index (χ3v) is 17.4. The molecule has 6 heteroatoms. The number of rotatable bonds is 8. The largest absolute Gasteiger partial charge is 0.333 e. The van der Waals surface area contributed by atoms with E-state index in [-0.39, 0.29) is 6.04 Å². The summed E-state index contributed by atoms with van der Waals surface area (Å²) >= 11 is 1.82. The molecule has 0 saturated carbocycles. The highest BCUT2D eigenvalue weighted by Crippen LogP contribution is 2.47. The molecular weight excluding hydrogens is 967 g/mol.